The number of thiazole rings is 1. The number of benzene rings is 1. The molecule has 9 heteroatoms. The topological polar surface area (TPSA) is 116 Å². The van der Waals surface area contributed by atoms with Crippen LogP contribution in [-0.4, -0.2) is 33.4 Å². The molecule has 0 saturated carbocycles. The fourth-order valence-corrected chi connectivity index (χ4v) is 3.26. The maximum Gasteiger partial charge on any atom is 0.355 e. The molecule has 2 heterocycles. The van der Waals surface area contributed by atoms with E-state index >= 15 is 0 Å². The standard InChI is InChI=1S/C20H20N4O4S/c1-11(19(26)23-15-6-4-13(5-7-15)18(21)25)28-20(27)17-8-14(9-24(17)3)16-10-29-12(2)22-16/h4-11H,1-3H3,(H2,21,25)(H,23,26)/t11-/m1/s1. The number of aryl methyl sites for hydroxylation is 2. The van der Waals surface area contributed by atoms with Crippen molar-refractivity contribution in [3.8, 4) is 11.3 Å². The molecule has 2 aromatic heterocycles. The van der Waals surface area contributed by atoms with Gasteiger partial charge in [0.2, 0.25) is 5.91 Å². The summed E-state index contributed by atoms with van der Waals surface area (Å²) in [6.45, 7) is 3.40. The molecule has 0 radical (unpaired) electrons. The van der Waals surface area contributed by atoms with E-state index in [2.05, 4.69) is 10.3 Å². The molecule has 3 rings (SSSR count). The quantitative estimate of drug-likeness (QED) is 0.604. The van der Waals surface area contributed by atoms with E-state index < -0.39 is 23.9 Å². The highest BCUT2D eigenvalue weighted by Crippen LogP contribution is 2.24. The van der Waals surface area contributed by atoms with Crippen molar-refractivity contribution in [3.63, 3.8) is 0 Å². The van der Waals surface area contributed by atoms with Crippen molar-refractivity contribution in [2.24, 2.45) is 12.8 Å². The van der Waals surface area contributed by atoms with Gasteiger partial charge < -0.3 is 20.4 Å². The molecule has 29 heavy (non-hydrogen) atoms. The number of hydrogen-bond donors (Lipinski definition) is 2. The minimum absolute atomic E-state index is 0.316. The average Bonchev–Trinajstić information content (AvgIpc) is 3.27. The molecule has 0 saturated heterocycles. The van der Waals surface area contributed by atoms with Crippen LogP contribution in [0.2, 0.25) is 0 Å². The smallest absolute Gasteiger partial charge is 0.355 e. The second-order valence-corrected chi connectivity index (χ2v) is 7.52. The monoisotopic (exact) mass is 412 g/mol. The first-order chi connectivity index (χ1) is 13.7. The Hall–Kier alpha value is -3.46. The summed E-state index contributed by atoms with van der Waals surface area (Å²) >= 11 is 1.53. The first-order valence-electron chi connectivity index (χ1n) is 8.75. The Morgan fingerprint density at radius 1 is 1.24 bits per heavy atom. The van der Waals surface area contributed by atoms with Gasteiger partial charge in [0.25, 0.3) is 5.91 Å². The van der Waals surface area contributed by atoms with Crippen molar-refractivity contribution in [3.05, 3.63) is 58.2 Å². The van der Waals surface area contributed by atoms with E-state index in [9.17, 15) is 14.4 Å². The summed E-state index contributed by atoms with van der Waals surface area (Å²) < 4.78 is 6.94. The van der Waals surface area contributed by atoms with Gasteiger partial charge in [-0.05, 0) is 44.2 Å². The number of anilines is 1. The highest BCUT2D eigenvalue weighted by molar-refractivity contribution is 7.09. The number of aromatic nitrogens is 2. The predicted octanol–water partition coefficient (Wildman–Crippen LogP) is 2.74. The third-order valence-corrected chi connectivity index (χ3v) is 4.99. The van der Waals surface area contributed by atoms with E-state index in [1.807, 2.05) is 12.3 Å². The van der Waals surface area contributed by atoms with Crippen molar-refractivity contribution in [2.45, 2.75) is 20.0 Å². The minimum atomic E-state index is -1.02. The van der Waals surface area contributed by atoms with Crippen LogP contribution in [0.4, 0.5) is 5.69 Å². The van der Waals surface area contributed by atoms with Crippen molar-refractivity contribution < 1.29 is 19.1 Å². The van der Waals surface area contributed by atoms with Crippen LogP contribution in [0.25, 0.3) is 11.3 Å². The highest BCUT2D eigenvalue weighted by atomic mass is 32.1. The second-order valence-electron chi connectivity index (χ2n) is 6.46. The summed E-state index contributed by atoms with van der Waals surface area (Å²) in [7, 11) is 1.73. The third-order valence-electron chi connectivity index (χ3n) is 4.22. The van der Waals surface area contributed by atoms with Crippen LogP contribution < -0.4 is 11.1 Å². The summed E-state index contributed by atoms with van der Waals surface area (Å²) in [6, 6.07) is 7.78. The molecule has 0 bridgehead atoms. The Kier molecular flexibility index (Phi) is 5.79. The molecule has 1 aromatic carbocycles. The van der Waals surface area contributed by atoms with Crippen LogP contribution in [-0.2, 0) is 16.6 Å². The molecule has 2 amide bonds. The lowest BCUT2D eigenvalue weighted by Gasteiger charge is -2.14. The number of hydrogen-bond acceptors (Lipinski definition) is 6. The van der Waals surface area contributed by atoms with E-state index in [1.165, 1.54) is 30.4 Å². The zero-order valence-electron chi connectivity index (χ0n) is 16.1. The van der Waals surface area contributed by atoms with Crippen LogP contribution in [0.3, 0.4) is 0 Å². The Morgan fingerprint density at radius 2 is 1.93 bits per heavy atom. The van der Waals surface area contributed by atoms with Crippen molar-refractivity contribution in [1.29, 1.82) is 0 Å². The predicted molar refractivity (Wildman–Crippen MR) is 110 cm³/mol. The van der Waals surface area contributed by atoms with E-state index in [-0.39, 0.29) is 0 Å². The Bertz CT molecular complexity index is 1070. The molecule has 0 spiro atoms. The summed E-state index contributed by atoms with van der Waals surface area (Å²) in [5.74, 6) is -1.66. The van der Waals surface area contributed by atoms with Gasteiger partial charge >= 0.3 is 5.97 Å². The number of nitrogens with zero attached hydrogens (tertiary/aromatic N) is 2. The Balaban J connectivity index is 1.64. The molecule has 1 atom stereocenters. The first kappa shape index (κ1) is 20.3. The molecule has 0 aliphatic rings. The number of esters is 1. The highest BCUT2D eigenvalue weighted by Gasteiger charge is 2.22. The minimum Gasteiger partial charge on any atom is -0.448 e. The van der Waals surface area contributed by atoms with Gasteiger partial charge in [0.05, 0.1) is 10.7 Å². The third kappa shape index (κ3) is 4.69. The molecule has 0 aliphatic heterocycles. The molecular formula is C20H20N4O4S. The number of carbonyl (C=O) groups is 3. The molecule has 0 unspecified atom stereocenters. The number of nitrogens with one attached hydrogen (secondary N) is 1. The van der Waals surface area contributed by atoms with Gasteiger partial charge in [0.1, 0.15) is 5.69 Å². The lowest BCUT2D eigenvalue weighted by molar-refractivity contribution is -0.123. The fraction of sp³-hybridized carbons (Fsp3) is 0.200. The number of amides is 2. The summed E-state index contributed by atoms with van der Waals surface area (Å²) in [5.41, 5.74) is 7.88. The number of ether oxygens (including phenoxy) is 1. The van der Waals surface area contributed by atoms with Gasteiger partial charge in [0, 0.05) is 35.4 Å². The summed E-state index contributed by atoms with van der Waals surface area (Å²) in [4.78, 5) is 40.3. The maximum atomic E-state index is 12.5. The zero-order valence-corrected chi connectivity index (χ0v) is 16.9. The Morgan fingerprint density at radius 3 is 2.52 bits per heavy atom. The molecule has 0 fully saturated rings. The van der Waals surface area contributed by atoms with Gasteiger partial charge in [-0.2, -0.15) is 0 Å². The first-order valence-corrected chi connectivity index (χ1v) is 9.63. The number of nitrogens with two attached hydrogens (primary N) is 1. The number of rotatable bonds is 6. The maximum absolute atomic E-state index is 12.5. The van der Waals surface area contributed by atoms with E-state index in [0.29, 0.717) is 16.9 Å². The van der Waals surface area contributed by atoms with Crippen LogP contribution in [0.5, 0.6) is 0 Å². The van der Waals surface area contributed by atoms with E-state index in [4.69, 9.17) is 10.5 Å². The molecule has 8 nitrogen and oxygen atoms in total. The SMILES string of the molecule is Cc1nc(-c2cc(C(=O)O[C@H](C)C(=O)Nc3ccc(C(N)=O)cc3)n(C)c2)cs1. The summed E-state index contributed by atoms with van der Waals surface area (Å²) in [6.07, 6.45) is 0.772. The van der Waals surface area contributed by atoms with Crippen molar-refractivity contribution >= 4 is 34.8 Å². The van der Waals surface area contributed by atoms with Crippen LogP contribution >= 0.6 is 11.3 Å². The van der Waals surface area contributed by atoms with Gasteiger partial charge in [0.15, 0.2) is 6.10 Å². The molecule has 0 aliphatic carbocycles. The Labute approximate surface area is 171 Å². The van der Waals surface area contributed by atoms with Gasteiger partial charge in [-0.25, -0.2) is 9.78 Å². The van der Waals surface area contributed by atoms with Crippen molar-refractivity contribution in [1.82, 2.24) is 9.55 Å². The lowest BCUT2D eigenvalue weighted by Crippen LogP contribution is -2.30. The summed E-state index contributed by atoms with van der Waals surface area (Å²) in [5, 5.41) is 5.48. The number of carbonyl (C=O) groups excluding carboxylic acids is 3. The van der Waals surface area contributed by atoms with Crippen LogP contribution in [0.15, 0.2) is 41.9 Å². The normalized spacial score (nSPS) is 11.7. The zero-order chi connectivity index (χ0) is 21.1. The molecule has 3 aromatic rings. The largest absolute Gasteiger partial charge is 0.448 e. The van der Waals surface area contributed by atoms with Crippen molar-refractivity contribution in [2.75, 3.05) is 5.32 Å². The lowest BCUT2D eigenvalue weighted by atomic mass is 10.2. The molecule has 150 valence electrons. The van der Waals surface area contributed by atoms with Crippen LogP contribution in [0.1, 0.15) is 32.8 Å². The number of primary amides is 1. The van der Waals surface area contributed by atoms with Gasteiger partial charge in [-0.3, -0.25) is 9.59 Å². The van der Waals surface area contributed by atoms with Gasteiger partial charge in [-0.1, -0.05) is 0 Å². The fourth-order valence-electron chi connectivity index (χ4n) is 2.64. The van der Waals surface area contributed by atoms with E-state index in [1.54, 1.807) is 36.0 Å². The van der Waals surface area contributed by atoms with Crippen LogP contribution in [0, 0.1) is 6.92 Å². The average molecular weight is 412 g/mol. The molecule has 3 N–H and O–H groups in total. The molecular weight excluding hydrogens is 392 g/mol. The second kappa shape index (κ2) is 8.27. The van der Waals surface area contributed by atoms with E-state index in [0.717, 1.165) is 16.3 Å². The van der Waals surface area contributed by atoms with Gasteiger partial charge in [-0.15, -0.1) is 11.3 Å².